The van der Waals surface area contributed by atoms with E-state index in [0.717, 1.165) is 60.1 Å². The molecule has 0 amide bonds. The van der Waals surface area contributed by atoms with Crippen molar-refractivity contribution in [3.8, 4) is 11.4 Å². The van der Waals surface area contributed by atoms with Crippen molar-refractivity contribution in [2.75, 3.05) is 31.5 Å². The Balaban J connectivity index is 1.73. The number of likely N-dealkylation sites (N-methyl/N-ethyl adjacent to an activating group) is 1. The van der Waals surface area contributed by atoms with Crippen LogP contribution in [0.4, 0.5) is 5.82 Å². The minimum absolute atomic E-state index is 0.0288. The maximum absolute atomic E-state index is 13.0. The Morgan fingerprint density at radius 1 is 1.30 bits per heavy atom. The van der Waals surface area contributed by atoms with Gasteiger partial charge >= 0.3 is 0 Å². The summed E-state index contributed by atoms with van der Waals surface area (Å²) >= 11 is 0. The van der Waals surface area contributed by atoms with E-state index in [2.05, 4.69) is 37.9 Å². The first kappa shape index (κ1) is 18.2. The Hall–Kier alpha value is -2.18. The van der Waals surface area contributed by atoms with Crippen LogP contribution in [0, 0.1) is 0 Å². The van der Waals surface area contributed by atoms with E-state index in [4.69, 9.17) is 9.72 Å². The van der Waals surface area contributed by atoms with Crippen molar-refractivity contribution in [1.82, 2.24) is 14.5 Å². The van der Waals surface area contributed by atoms with Crippen LogP contribution in [-0.4, -0.2) is 52.1 Å². The Labute approximate surface area is 160 Å². The summed E-state index contributed by atoms with van der Waals surface area (Å²) in [7, 11) is 0. The highest BCUT2D eigenvalue weighted by Gasteiger charge is 2.38. The molecule has 2 aromatic heterocycles. The molecule has 2 aromatic rings. The summed E-state index contributed by atoms with van der Waals surface area (Å²) in [6.45, 7) is 12.8. The molecule has 2 aliphatic rings. The molecule has 0 aliphatic carbocycles. The molecule has 144 valence electrons. The molecule has 4 heterocycles. The summed E-state index contributed by atoms with van der Waals surface area (Å²) in [6.07, 6.45) is 2.54. The largest absolute Gasteiger partial charge is 0.370 e. The summed E-state index contributed by atoms with van der Waals surface area (Å²) in [5.41, 5.74) is 4.28. The molecule has 0 unspecified atom stereocenters. The van der Waals surface area contributed by atoms with Gasteiger partial charge in [-0.1, -0.05) is 13.8 Å². The summed E-state index contributed by atoms with van der Waals surface area (Å²) in [4.78, 5) is 20.2. The van der Waals surface area contributed by atoms with Crippen LogP contribution in [0.25, 0.3) is 11.4 Å². The highest BCUT2D eigenvalue weighted by atomic mass is 16.5. The van der Waals surface area contributed by atoms with Crippen LogP contribution in [0.1, 0.15) is 49.2 Å². The van der Waals surface area contributed by atoms with Crippen molar-refractivity contribution in [3.63, 3.8) is 0 Å². The van der Waals surface area contributed by atoms with E-state index in [1.807, 2.05) is 18.3 Å². The molecule has 0 bridgehead atoms. The average molecular weight is 368 g/mol. The van der Waals surface area contributed by atoms with Crippen LogP contribution in [0.2, 0.25) is 0 Å². The number of pyridine rings is 1. The van der Waals surface area contributed by atoms with Gasteiger partial charge in [0.25, 0.3) is 5.91 Å². The third-order valence-corrected chi connectivity index (χ3v) is 5.66. The molecule has 0 atom stereocenters. The zero-order chi connectivity index (χ0) is 19.2. The maximum Gasteiger partial charge on any atom is 0.264 e. The predicted octanol–water partition coefficient (Wildman–Crippen LogP) is 3.16. The summed E-state index contributed by atoms with van der Waals surface area (Å²) < 4.78 is 7.76. The van der Waals surface area contributed by atoms with Gasteiger partial charge in [0, 0.05) is 31.3 Å². The van der Waals surface area contributed by atoms with Gasteiger partial charge in [-0.05, 0) is 44.6 Å². The number of rotatable bonds is 6. The first-order valence-electron chi connectivity index (χ1n) is 9.83. The van der Waals surface area contributed by atoms with Gasteiger partial charge in [0.15, 0.2) is 0 Å². The second-order valence-corrected chi connectivity index (χ2v) is 7.89. The highest BCUT2D eigenvalue weighted by molar-refractivity contribution is 6.09. The van der Waals surface area contributed by atoms with E-state index in [9.17, 15) is 4.79 Å². The second kappa shape index (κ2) is 6.77. The summed E-state index contributed by atoms with van der Waals surface area (Å²) in [5, 5.41) is 3.51. The number of anilines is 1. The standard InChI is InChI=1S/C21H28N4O2/c1-5-24(6-2)11-9-22-19-15-13-27-21(3,4)12-14(15)17-18(23-19)16-8-7-10-25(16)20(17)26/h7-8,10H,5-6,9,11-13H2,1-4H3,(H,22,23). The highest BCUT2D eigenvalue weighted by Crippen LogP contribution is 2.41. The van der Waals surface area contributed by atoms with Crippen LogP contribution in [0.15, 0.2) is 18.3 Å². The first-order chi connectivity index (χ1) is 12.9. The van der Waals surface area contributed by atoms with Crippen LogP contribution in [0.5, 0.6) is 0 Å². The van der Waals surface area contributed by atoms with Crippen LogP contribution in [0.3, 0.4) is 0 Å². The van der Waals surface area contributed by atoms with Gasteiger partial charge in [-0.3, -0.25) is 9.36 Å². The average Bonchev–Trinajstić information content (AvgIpc) is 3.21. The van der Waals surface area contributed by atoms with Crippen molar-refractivity contribution in [2.24, 2.45) is 0 Å². The number of aromatic nitrogens is 2. The van der Waals surface area contributed by atoms with Crippen molar-refractivity contribution in [1.29, 1.82) is 0 Å². The Kier molecular flexibility index (Phi) is 4.56. The number of hydrogen-bond donors (Lipinski definition) is 1. The topological polar surface area (TPSA) is 59.4 Å². The SMILES string of the molecule is CCN(CC)CCNc1nc2c(c3c1COC(C)(C)C3)C(=O)n1cccc1-2. The smallest absolute Gasteiger partial charge is 0.264 e. The van der Waals surface area contributed by atoms with Gasteiger partial charge in [0.2, 0.25) is 0 Å². The monoisotopic (exact) mass is 368 g/mol. The molecule has 0 saturated heterocycles. The lowest BCUT2D eigenvalue weighted by Gasteiger charge is -2.33. The number of nitrogens with one attached hydrogen (secondary N) is 1. The lowest BCUT2D eigenvalue weighted by Crippen LogP contribution is -2.34. The molecule has 4 rings (SSSR count). The van der Waals surface area contributed by atoms with Crippen molar-refractivity contribution >= 4 is 11.7 Å². The Morgan fingerprint density at radius 2 is 2.07 bits per heavy atom. The van der Waals surface area contributed by atoms with Gasteiger partial charge < -0.3 is 15.0 Å². The molecular weight excluding hydrogens is 340 g/mol. The normalized spacial score (nSPS) is 17.0. The quantitative estimate of drug-likeness (QED) is 0.724. The van der Waals surface area contributed by atoms with E-state index < -0.39 is 0 Å². The fraction of sp³-hybridized carbons (Fsp3) is 0.524. The molecule has 0 aromatic carbocycles. The number of nitrogens with zero attached hydrogens (tertiary/aromatic N) is 3. The lowest BCUT2D eigenvalue weighted by molar-refractivity contribution is -0.0399. The van der Waals surface area contributed by atoms with Gasteiger partial charge in [-0.2, -0.15) is 0 Å². The molecule has 0 radical (unpaired) electrons. The number of carbonyl (C=O) groups is 1. The molecule has 0 fully saturated rings. The van der Waals surface area contributed by atoms with Crippen LogP contribution in [-0.2, 0) is 17.8 Å². The van der Waals surface area contributed by atoms with Crippen molar-refractivity contribution < 1.29 is 9.53 Å². The molecule has 1 N–H and O–H groups in total. The van der Waals surface area contributed by atoms with E-state index >= 15 is 0 Å². The van der Waals surface area contributed by atoms with Crippen LogP contribution >= 0.6 is 0 Å². The molecule has 6 nitrogen and oxygen atoms in total. The minimum Gasteiger partial charge on any atom is -0.370 e. The predicted molar refractivity (Wildman–Crippen MR) is 106 cm³/mol. The molecular formula is C21H28N4O2. The molecule has 27 heavy (non-hydrogen) atoms. The fourth-order valence-corrected chi connectivity index (χ4v) is 4.07. The zero-order valence-corrected chi connectivity index (χ0v) is 16.6. The van der Waals surface area contributed by atoms with Gasteiger partial charge in [0.1, 0.15) is 11.5 Å². The number of hydrogen-bond acceptors (Lipinski definition) is 5. The molecule has 6 heteroatoms. The number of ether oxygens (including phenoxy) is 1. The summed E-state index contributed by atoms with van der Waals surface area (Å²) in [6, 6.07) is 3.87. The van der Waals surface area contributed by atoms with Crippen molar-refractivity contribution in [3.05, 3.63) is 35.0 Å². The molecule has 0 spiro atoms. The van der Waals surface area contributed by atoms with Gasteiger partial charge in [-0.25, -0.2) is 4.98 Å². The van der Waals surface area contributed by atoms with E-state index in [-0.39, 0.29) is 11.5 Å². The van der Waals surface area contributed by atoms with Crippen molar-refractivity contribution in [2.45, 2.75) is 46.3 Å². The lowest BCUT2D eigenvalue weighted by atomic mass is 9.88. The molecule has 0 saturated carbocycles. The Bertz CT molecular complexity index is 881. The van der Waals surface area contributed by atoms with E-state index in [1.54, 1.807) is 4.57 Å². The molecule has 2 aliphatic heterocycles. The minimum atomic E-state index is -0.280. The van der Waals surface area contributed by atoms with E-state index in [0.29, 0.717) is 13.0 Å². The number of carbonyl (C=O) groups excluding carboxylic acids is 1. The Morgan fingerprint density at radius 3 is 2.81 bits per heavy atom. The second-order valence-electron chi connectivity index (χ2n) is 7.89. The fourth-order valence-electron chi connectivity index (χ4n) is 4.07. The van der Waals surface area contributed by atoms with E-state index in [1.165, 1.54) is 0 Å². The third kappa shape index (κ3) is 3.07. The maximum atomic E-state index is 13.0. The summed E-state index contributed by atoms with van der Waals surface area (Å²) in [5.74, 6) is 0.884. The zero-order valence-electron chi connectivity index (χ0n) is 16.6. The van der Waals surface area contributed by atoms with Gasteiger partial charge in [0.05, 0.1) is 23.5 Å². The van der Waals surface area contributed by atoms with Gasteiger partial charge in [-0.15, -0.1) is 0 Å². The number of fused-ring (bicyclic) bond motifs is 5. The third-order valence-electron chi connectivity index (χ3n) is 5.66. The first-order valence-corrected chi connectivity index (χ1v) is 9.83. The van der Waals surface area contributed by atoms with Crippen LogP contribution < -0.4 is 5.32 Å².